The number of benzene rings is 1. The predicted molar refractivity (Wildman–Crippen MR) is 79.1 cm³/mol. The molecule has 1 aromatic carbocycles. The van der Waals surface area contributed by atoms with Crippen LogP contribution < -0.4 is 10.6 Å². The van der Waals surface area contributed by atoms with Gasteiger partial charge < -0.3 is 10.6 Å². The Hall–Kier alpha value is -1.44. The zero-order chi connectivity index (χ0) is 15.6. The number of rotatable bonds is 5. The van der Waals surface area contributed by atoms with Crippen molar-refractivity contribution in [1.29, 1.82) is 0 Å². The third-order valence-corrected chi connectivity index (χ3v) is 4.91. The van der Waals surface area contributed by atoms with Crippen molar-refractivity contribution in [1.82, 2.24) is 9.62 Å². The number of sulfonamides is 1. The summed E-state index contributed by atoms with van der Waals surface area (Å²) in [5, 5.41) is 5.63. The Morgan fingerprint density at radius 3 is 2.05 bits per heavy atom. The number of carbonyl (C=O) groups is 1. The monoisotopic (exact) mass is 299 g/mol. The number of carbonyl (C=O) groups excluding carboxylic acids is 1. The van der Waals surface area contributed by atoms with E-state index in [2.05, 4.69) is 10.6 Å². The Balaban J connectivity index is 2.91. The van der Waals surface area contributed by atoms with Gasteiger partial charge in [-0.3, -0.25) is 4.79 Å². The lowest BCUT2D eigenvalue weighted by Crippen LogP contribution is -2.47. The van der Waals surface area contributed by atoms with Gasteiger partial charge in [0.05, 0.1) is 10.4 Å². The van der Waals surface area contributed by atoms with Crippen molar-refractivity contribution in [2.24, 2.45) is 0 Å². The van der Waals surface area contributed by atoms with Gasteiger partial charge in [-0.1, -0.05) is 0 Å². The van der Waals surface area contributed by atoms with Crippen molar-refractivity contribution in [2.45, 2.75) is 24.3 Å². The number of hydrogen-bond acceptors (Lipinski definition) is 4. The van der Waals surface area contributed by atoms with Gasteiger partial charge in [0, 0.05) is 19.8 Å². The molecule has 0 fully saturated rings. The highest BCUT2D eigenvalue weighted by molar-refractivity contribution is 7.89. The minimum atomic E-state index is -3.45. The molecule has 0 aliphatic carbocycles. The van der Waals surface area contributed by atoms with E-state index in [0.29, 0.717) is 5.69 Å². The van der Waals surface area contributed by atoms with Gasteiger partial charge >= 0.3 is 0 Å². The maximum atomic E-state index is 12.0. The summed E-state index contributed by atoms with van der Waals surface area (Å²) in [4.78, 5) is 12.1. The van der Waals surface area contributed by atoms with Gasteiger partial charge in [0.25, 0.3) is 0 Å². The van der Waals surface area contributed by atoms with Gasteiger partial charge in [0.1, 0.15) is 0 Å². The molecule has 20 heavy (non-hydrogen) atoms. The molecule has 0 aliphatic rings. The van der Waals surface area contributed by atoms with Crippen LogP contribution in [0.1, 0.15) is 13.8 Å². The van der Waals surface area contributed by atoms with Crippen LogP contribution in [0.4, 0.5) is 5.69 Å². The highest BCUT2D eigenvalue weighted by Crippen LogP contribution is 2.17. The number of amides is 1. The van der Waals surface area contributed by atoms with Crippen molar-refractivity contribution in [3.8, 4) is 0 Å². The molecule has 1 aromatic rings. The predicted octanol–water partition coefficient (Wildman–Crippen LogP) is 0.873. The zero-order valence-electron chi connectivity index (χ0n) is 12.4. The molecule has 0 aromatic heterocycles. The third kappa shape index (κ3) is 3.56. The minimum absolute atomic E-state index is 0.188. The molecule has 0 unspecified atom stereocenters. The maximum absolute atomic E-state index is 12.0. The van der Waals surface area contributed by atoms with Crippen LogP contribution in [0.15, 0.2) is 29.2 Å². The van der Waals surface area contributed by atoms with Crippen LogP contribution in [0.5, 0.6) is 0 Å². The van der Waals surface area contributed by atoms with Crippen molar-refractivity contribution >= 4 is 21.6 Å². The van der Waals surface area contributed by atoms with E-state index in [9.17, 15) is 13.2 Å². The summed E-state index contributed by atoms with van der Waals surface area (Å²) in [5.41, 5.74) is -0.148. The van der Waals surface area contributed by atoms with Crippen LogP contribution in [0.25, 0.3) is 0 Å². The molecular weight excluding hydrogens is 278 g/mol. The Kier molecular flexibility index (Phi) is 4.90. The number of nitrogens with one attached hydrogen (secondary N) is 2. The standard InChI is InChI=1S/C13H21N3O3S/c1-13(2,14-3)12(17)15-10-6-8-11(9-7-10)20(18,19)16(4)5/h6-9,14H,1-5H3,(H,15,17). The molecule has 0 saturated carbocycles. The van der Waals surface area contributed by atoms with Crippen LogP contribution >= 0.6 is 0 Å². The first-order chi connectivity index (χ1) is 9.11. The number of anilines is 1. The molecule has 0 radical (unpaired) electrons. The summed E-state index contributed by atoms with van der Waals surface area (Å²) in [7, 11) is 1.20. The van der Waals surface area contributed by atoms with Crippen molar-refractivity contribution < 1.29 is 13.2 Å². The van der Waals surface area contributed by atoms with Crippen LogP contribution in [0.2, 0.25) is 0 Å². The van der Waals surface area contributed by atoms with E-state index in [-0.39, 0.29) is 10.8 Å². The smallest absolute Gasteiger partial charge is 0.244 e. The fourth-order valence-corrected chi connectivity index (χ4v) is 2.22. The lowest BCUT2D eigenvalue weighted by Gasteiger charge is -2.22. The van der Waals surface area contributed by atoms with Crippen LogP contribution in [0, 0.1) is 0 Å². The molecule has 7 heteroatoms. The summed E-state index contributed by atoms with van der Waals surface area (Å²) in [6.07, 6.45) is 0. The second-order valence-electron chi connectivity index (χ2n) is 5.14. The minimum Gasteiger partial charge on any atom is -0.325 e. The summed E-state index contributed by atoms with van der Waals surface area (Å²) in [5.74, 6) is -0.191. The number of likely N-dealkylation sites (N-methyl/N-ethyl adjacent to an activating group) is 1. The maximum Gasteiger partial charge on any atom is 0.244 e. The summed E-state index contributed by atoms with van der Waals surface area (Å²) in [6.45, 7) is 3.51. The van der Waals surface area contributed by atoms with E-state index in [1.807, 2.05) is 0 Å². The Morgan fingerprint density at radius 2 is 1.65 bits per heavy atom. The first-order valence-electron chi connectivity index (χ1n) is 6.14. The molecule has 6 nitrogen and oxygen atoms in total. The second-order valence-corrected chi connectivity index (χ2v) is 7.29. The Morgan fingerprint density at radius 1 is 1.15 bits per heavy atom. The quantitative estimate of drug-likeness (QED) is 0.846. The van der Waals surface area contributed by atoms with Gasteiger partial charge in [0.15, 0.2) is 0 Å². The Labute approximate surface area is 120 Å². The first-order valence-corrected chi connectivity index (χ1v) is 7.58. The van der Waals surface area contributed by atoms with Gasteiger partial charge in [-0.05, 0) is 45.2 Å². The SMILES string of the molecule is CNC(C)(C)C(=O)Nc1ccc(S(=O)(=O)N(C)C)cc1. The van der Waals surface area contributed by atoms with Gasteiger partial charge in [0.2, 0.25) is 15.9 Å². The molecule has 0 aliphatic heterocycles. The van der Waals surface area contributed by atoms with Crippen LogP contribution in [-0.2, 0) is 14.8 Å². The average Bonchev–Trinajstić information content (AvgIpc) is 2.39. The molecule has 0 heterocycles. The first kappa shape index (κ1) is 16.6. The van der Waals surface area contributed by atoms with Crippen LogP contribution in [-0.4, -0.2) is 45.3 Å². The van der Waals surface area contributed by atoms with Crippen LogP contribution in [0.3, 0.4) is 0 Å². The van der Waals surface area contributed by atoms with E-state index in [1.54, 1.807) is 33.0 Å². The van der Waals surface area contributed by atoms with Gasteiger partial charge in [-0.15, -0.1) is 0 Å². The fourth-order valence-electron chi connectivity index (χ4n) is 1.32. The molecule has 2 N–H and O–H groups in total. The van der Waals surface area contributed by atoms with Crippen molar-refractivity contribution in [3.63, 3.8) is 0 Å². The highest BCUT2D eigenvalue weighted by atomic mass is 32.2. The van der Waals surface area contributed by atoms with E-state index in [1.165, 1.54) is 26.2 Å². The largest absolute Gasteiger partial charge is 0.325 e. The molecular formula is C13H21N3O3S. The van der Waals surface area contributed by atoms with E-state index in [0.717, 1.165) is 4.31 Å². The third-order valence-electron chi connectivity index (χ3n) is 3.08. The molecule has 0 spiro atoms. The summed E-state index contributed by atoms with van der Waals surface area (Å²) >= 11 is 0. The topological polar surface area (TPSA) is 78.5 Å². The lowest BCUT2D eigenvalue weighted by atomic mass is 10.1. The number of hydrogen-bond donors (Lipinski definition) is 2. The lowest BCUT2D eigenvalue weighted by molar-refractivity contribution is -0.121. The molecule has 1 amide bonds. The summed E-state index contributed by atoms with van der Waals surface area (Å²) in [6, 6.07) is 6.08. The molecule has 112 valence electrons. The van der Waals surface area contributed by atoms with E-state index >= 15 is 0 Å². The normalized spacial score (nSPS) is 12.5. The highest BCUT2D eigenvalue weighted by Gasteiger charge is 2.25. The zero-order valence-corrected chi connectivity index (χ0v) is 13.2. The molecule has 0 bridgehead atoms. The van der Waals surface area contributed by atoms with E-state index < -0.39 is 15.6 Å². The number of nitrogens with zero attached hydrogens (tertiary/aromatic N) is 1. The molecule has 0 atom stereocenters. The van der Waals surface area contributed by atoms with E-state index in [4.69, 9.17) is 0 Å². The molecule has 0 saturated heterocycles. The molecule has 1 rings (SSSR count). The summed E-state index contributed by atoms with van der Waals surface area (Å²) < 4.78 is 24.9. The average molecular weight is 299 g/mol. The van der Waals surface area contributed by atoms with Crippen molar-refractivity contribution in [3.05, 3.63) is 24.3 Å². The fraction of sp³-hybridized carbons (Fsp3) is 0.462. The van der Waals surface area contributed by atoms with Gasteiger partial charge in [-0.25, -0.2) is 12.7 Å². The van der Waals surface area contributed by atoms with Gasteiger partial charge in [-0.2, -0.15) is 0 Å². The second kappa shape index (κ2) is 5.90. The van der Waals surface area contributed by atoms with Crippen molar-refractivity contribution in [2.75, 3.05) is 26.5 Å². The Bertz CT molecular complexity index is 577.